The highest BCUT2D eigenvalue weighted by Gasteiger charge is 2.15. The maximum Gasteiger partial charge on any atom is 0.0991 e. The number of nitrogens with one attached hydrogen (secondary N) is 1. The number of nitrogens with zero attached hydrogens (tertiary/aromatic N) is 2. The minimum atomic E-state index is -0.354. The van der Waals surface area contributed by atoms with Gasteiger partial charge in [-0.05, 0) is 31.5 Å². The molecule has 3 nitrogen and oxygen atoms in total. The molecule has 0 amide bonds. The first-order chi connectivity index (χ1) is 7.57. The van der Waals surface area contributed by atoms with Crippen molar-refractivity contribution in [1.29, 1.82) is 10.5 Å². The summed E-state index contributed by atoms with van der Waals surface area (Å²) >= 11 is 0. The van der Waals surface area contributed by atoms with Crippen LogP contribution >= 0.6 is 0 Å². The second-order valence-electron chi connectivity index (χ2n) is 4.41. The maximum absolute atomic E-state index is 8.84. The molecule has 0 bridgehead atoms. The Bertz CT molecular complexity index is 435. The molecule has 0 aliphatic rings. The molecule has 0 aromatic heterocycles. The monoisotopic (exact) mass is 213 g/mol. The Morgan fingerprint density at radius 1 is 1.31 bits per heavy atom. The lowest BCUT2D eigenvalue weighted by Gasteiger charge is -2.15. The van der Waals surface area contributed by atoms with Gasteiger partial charge in [-0.15, -0.1) is 0 Å². The van der Waals surface area contributed by atoms with Crippen LogP contribution in [0.2, 0.25) is 0 Å². The van der Waals surface area contributed by atoms with Crippen molar-refractivity contribution in [3.8, 4) is 12.1 Å². The van der Waals surface area contributed by atoms with Crippen LogP contribution in [0.3, 0.4) is 0 Å². The molecule has 0 radical (unpaired) electrons. The SMILES string of the molecule is CC(C)(C#N)CNCc1cccc(C#N)c1. The van der Waals surface area contributed by atoms with Gasteiger partial charge < -0.3 is 5.32 Å². The van der Waals surface area contributed by atoms with Crippen molar-refractivity contribution in [2.75, 3.05) is 6.54 Å². The molecule has 0 heterocycles. The molecule has 82 valence electrons. The summed E-state index contributed by atoms with van der Waals surface area (Å²) in [4.78, 5) is 0. The van der Waals surface area contributed by atoms with Crippen molar-refractivity contribution in [2.24, 2.45) is 5.41 Å². The zero-order valence-corrected chi connectivity index (χ0v) is 9.62. The van der Waals surface area contributed by atoms with E-state index in [9.17, 15) is 0 Å². The zero-order valence-electron chi connectivity index (χ0n) is 9.62. The Morgan fingerprint density at radius 2 is 2.06 bits per heavy atom. The first-order valence-corrected chi connectivity index (χ1v) is 5.18. The van der Waals surface area contributed by atoms with Crippen molar-refractivity contribution in [3.63, 3.8) is 0 Å². The molecule has 0 saturated heterocycles. The summed E-state index contributed by atoms with van der Waals surface area (Å²) in [6, 6.07) is 11.8. The van der Waals surface area contributed by atoms with Gasteiger partial charge in [0.25, 0.3) is 0 Å². The van der Waals surface area contributed by atoms with Crippen molar-refractivity contribution >= 4 is 0 Å². The second kappa shape index (κ2) is 5.30. The molecule has 0 unspecified atom stereocenters. The van der Waals surface area contributed by atoms with Crippen LogP contribution < -0.4 is 5.32 Å². The van der Waals surface area contributed by atoms with Crippen LogP contribution in [0.5, 0.6) is 0 Å². The van der Waals surface area contributed by atoms with Gasteiger partial charge in [0.2, 0.25) is 0 Å². The van der Waals surface area contributed by atoms with Gasteiger partial charge >= 0.3 is 0 Å². The van der Waals surface area contributed by atoms with Crippen LogP contribution in [0.15, 0.2) is 24.3 Å². The van der Waals surface area contributed by atoms with Crippen molar-refractivity contribution in [2.45, 2.75) is 20.4 Å². The summed E-state index contributed by atoms with van der Waals surface area (Å²) in [5.74, 6) is 0. The first kappa shape index (κ1) is 12.2. The average Bonchev–Trinajstić information content (AvgIpc) is 2.29. The predicted octanol–water partition coefficient (Wildman–Crippen LogP) is 2.20. The molecule has 0 aliphatic carbocycles. The lowest BCUT2D eigenvalue weighted by molar-refractivity contribution is 0.445. The smallest absolute Gasteiger partial charge is 0.0991 e. The average molecular weight is 213 g/mol. The number of hydrogen-bond donors (Lipinski definition) is 1. The summed E-state index contributed by atoms with van der Waals surface area (Å²) in [5, 5.41) is 20.8. The van der Waals surface area contributed by atoms with E-state index in [1.165, 1.54) is 0 Å². The number of rotatable bonds is 4. The van der Waals surface area contributed by atoms with E-state index in [4.69, 9.17) is 10.5 Å². The summed E-state index contributed by atoms with van der Waals surface area (Å²) in [5.41, 5.74) is 1.37. The largest absolute Gasteiger partial charge is 0.311 e. The quantitative estimate of drug-likeness (QED) is 0.834. The van der Waals surface area contributed by atoms with Crippen LogP contribution in [0.25, 0.3) is 0 Å². The molecule has 1 N–H and O–H groups in total. The van der Waals surface area contributed by atoms with Gasteiger partial charge in [0.15, 0.2) is 0 Å². The number of hydrogen-bond acceptors (Lipinski definition) is 3. The summed E-state index contributed by atoms with van der Waals surface area (Å²) in [6.07, 6.45) is 0. The van der Waals surface area contributed by atoms with E-state index in [0.717, 1.165) is 5.56 Å². The summed E-state index contributed by atoms with van der Waals surface area (Å²) < 4.78 is 0. The van der Waals surface area contributed by atoms with E-state index in [2.05, 4.69) is 17.5 Å². The highest BCUT2D eigenvalue weighted by Crippen LogP contribution is 2.11. The Morgan fingerprint density at radius 3 is 2.69 bits per heavy atom. The van der Waals surface area contributed by atoms with Crippen molar-refractivity contribution < 1.29 is 0 Å². The van der Waals surface area contributed by atoms with E-state index >= 15 is 0 Å². The molecule has 1 rings (SSSR count). The number of nitriles is 2. The molecule has 0 saturated carbocycles. The lowest BCUT2D eigenvalue weighted by atomic mass is 9.96. The molecular formula is C13H15N3. The molecule has 1 aromatic carbocycles. The van der Waals surface area contributed by atoms with Crippen molar-refractivity contribution in [3.05, 3.63) is 35.4 Å². The van der Waals surface area contributed by atoms with Crippen LogP contribution in [0, 0.1) is 28.1 Å². The molecule has 0 fully saturated rings. The van der Waals surface area contributed by atoms with Crippen LogP contribution in [0.1, 0.15) is 25.0 Å². The van der Waals surface area contributed by atoms with Crippen LogP contribution in [-0.2, 0) is 6.54 Å². The summed E-state index contributed by atoms with van der Waals surface area (Å²) in [6.45, 7) is 5.11. The first-order valence-electron chi connectivity index (χ1n) is 5.18. The van der Waals surface area contributed by atoms with Gasteiger partial charge in [-0.3, -0.25) is 0 Å². The van der Waals surface area contributed by atoms with E-state index in [1.807, 2.05) is 32.0 Å². The van der Waals surface area contributed by atoms with Gasteiger partial charge in [-0.1, -0.05) is 12.1 Å². The zero-order chi connectivity index (χ0) is 12.0. The molecule has 16 heavy (non-hydrogen) atoms. The maximum atomic E-state index is 8.84. The summed E-state index contributed by atoms with van der Waals surface area (Å²) in [7, 11) is 0. The van der Waals surface area contributed by atoms with E-state index in [1.54, 1.807) is 6.07 Å². The van der Waals surface area contributed by atoms with Gasteiger partial charge in [-0.2, -0.15) is 10.5 Å². The molecule has 3 heteroatoms. The van der Waals surface area contributed by atoms with Crippen molar-refractivity contribution in [1.82, 2.24) is 5.32 Å². The van der Waals surface area contributed by atoms with Crippen LogP contribution in [-0.4, -0.2) is 6.54 Å². The predicted molar refractivity (Wildman–Crippen MR) is 62.3 cm³/mol. The molecular weight excluding hydrogens is 198 g/mol. The van der Waals surface area contributed by atoms with Gasteiger partial charge in [0.1, 0.15) is 0 Å². The van der Waals surface area contributed by atoms with Gasteiger partial charge in [0, 0.05) is 13.1 Å². The third-order valence-electron chi connectivity index (χ3n) is 2.25. The lowest BCUT2D eigenvalue weighted by Crippen LogP contribution is -2.27. The third-order valence-corrected chi connectivity index (χ3v) is 2.25. The Hall–Kier alpha value is -1.84. The van der Waals surface area contributed by atoms with Gasteiger partial charge in [0.05, 0.1) is 23.1 Å². The minimum absolute atomic E-state index is 0.354. The van der Waals surface area contributed by atoms with E-state index in [-0.39, 0.29) is 5.41 Å². The highest BCUT2D eigenvalue weighted by atomic mass is 14.9. The molecule has 0 aliphatic heterocycles. The Balaban J connectivity index is 2.50. The van der Waals surface area contributed by atoms with Crippen LogP contribution in [0.4, 0.5) is 0 Å². The van der Waals surface area contributed by atoms with E-state index in [0.29, 0.717) is 18.7 Å². The fourth-order valence-electron chi connectivity index (χ4n) is 1.31. The van der Waals surface area contributed by atoms with E-state index < -0.39 is 0 Å². The fourth-order valence-corrected chi connectivity index (χ4v) is 1.31. The highest BCUT2D eigenvalue weighted by molar-refractivity contribution is 5.32. The second-order valence-corrected chi connectivity index (χ2v) is 4.41. The fraction of sp³-hybridized carbons (Fsp3) is 0.385. The number of benzene rings is 1. The Kier molecular flexibility index (Phi) is 4.05. The minimum Gasteiger partial charge on any atom is -0.311 e. The normalized spacial score (nSPS) is 10.5. The standard InChI is InChI=1S/C13H15N3/c1-13(2,9-15)10-16-8-12-5-3-4-11(6-12)7-14/h3-6,16H,8,10H2,1-2H3. The van der Waals surface area contributed by atoms with Gasteiger partial charge in [-0.25, -0.2) is 0 Å². The molecule has 0 atom stereocenters. The molecule has 0 spiro atoms. The molecule has 1 aromatic rings. The topological polar surface area (TPSA) is 59.6 Å². The third kappa shape index (κ3) is 3.73. The Labute approximate surface area is 96.3 Å².